The van der Waals surface area contributed by atoms with Crippen molar-refractivity contribution in [3.63, 3.8) is 0 Å². The predicted octanol–water partition coefficient (Wildman–Crippen LogP) is 2.13. The minimum absolute atomic E-state index is 0.0866. The summed E-state index contributed by atoms with van der Waals surface area (Å²) in [6.07, 6.45) is 0. The lowest BCUT2D eigenvalue weighted by Gasteiger charge is -2.37. The van der Waals surface area contributed by atoms with Gasteiger partial charge in [-0.1, -0.05) is 0 Å². The number of benzene rings is 1. The second-order valence-corrected chi connectivity index (χ2v) is 4.60. The van der Waals surface area contributed by atoms with Crippen LogP contribution in [0.3, 0.4) is 0 Å². The van der Waals surface area contributed by atoms with Crippen molar-refractivity contribution >= 4 is 5.69 Å². The highest BCUT2D eigenvalue weighted by Gasteiger charge is 2.22. The zero-order valence-corrected chi connectivity index (χ0v) is 10.9. The highest BCUT2D eigenvalue weighted by Crippen LogP contribution is 2.24. The number of nitrogens with zero attached hydrogens (tertiary/aromatic N) is 1. The van der Waals surface area contributed by atoms with E-state index in [2.05, 4.69) is 43.2 Å². The maximum Gasteiger partial charge on any atom is 0.119 e. The minimum atomic E-state index is 0.0866. The third kappa shape index (κ3) is 2.89. The Hall–Kier alpha value is -1.22. The van der Waals surface area contributed by atoms with Gasteiger partial charge in [-0.25, -0.2) is 0 Å². The quantitative estimate of drug-likeness (QED) is 0.826. The van der Waals surface area contributed by atoms with E-state index in [1.54, 1.807) is 7.11 Å². The van der Waals surface area contributed by atoms with Crippen molar-refractivity contribution in [3.8, 4) is 5.75 Å². The molecule has 16 heavy (non-hydrogen) atoms. The second kappa shape index (κ2) is 5.21. The van der Waals surface area contributed by atoms with Gasteiger partial charge in [0.05, 0.1) is 7.11 Å². The first kappa shape index (κ1) is 12.8. The van der Waals surface area contributed by atoms with Gasteiger partial charge in [0.25, 0.3) is 0 Å². The van der Waals surface area contributed by atoms with Crippen molar-refractivity contribution in [3.05, 3.63) is 24.3 Å². The number of anilines is 1. The molecule has 0 saturated heterocycles. The molecule has 1 N–H and O–H groups in total. The molecule has 3 nitrogen and oxygen atoms in total. The van der Waals surface area contributed by atoms with Gasteiger partial charge in [0.1, 0.15) is 5.75 Å². The Balaban J connectivity index is 2.83. The summed E-state index contributed by atoms with van der Waals surface area (Å²) >= 11 is 0. The van der Waals surface area contributed by atoms with Crippen LogP contribution in [0.2, 0.25) is 0 Å². The Labute approximate surface area is 98.4 Å². The normalized spacial score (nSPS) is 11.3. The van der Waals surface area contributed by atoms with Crippen LogP contribution in [0.4, 0.5) is 5.69 Å². The fraction of sp³-hybridized carbons (Fsp3) is 0.538. The van der Waals surface area contributed by atoms with Crippen LogP contribution >= 0.6 is 0 Å². The Bertz CT molecular complexity index is 319. The molecule has 0 heterocycles. The van der Waals surface area contributed by atoms with E-state index in [1.165, 1.54) is 5.69 Å². The average Bonchev–Trinajstić information content (AvgIpc) is 2.28. The van der Waals surface area contributed by atoms with E-state index in [0.29, 0.717) is 0 Å². The number of hydrogen-bond acceptors (Lipinski definition) is 3. The van der Waals surface area contributed by atoms with E-state index in [-0.39, 0.29) is 5.54 Å². The smallest absolute Gasteiger partial charge is 0.119 e. The van der Waals surface area contributed by atoms with Gasteiger partial charge in [-0.3, -0.25) is 0 Å². The van der Waals surface area contributed by atoms with Gasteiger partial charge < -0.3 is 15.0 Å². The van der Waals surface area contributed by atoms with E-state index in [9.17, 15) is 0 Å². The lowest BCUT2D eigenvalue weighted by atomic mass is 10.0. The van der Waals surface area contributed by atoms with Crippen LogP contribution in [-0.4, -0.2) is 33.3 Å². The van der Waals surface area contributed by atoms with E-state index in [4.69, 9.17) is 4.74 Å². The van der Waals surface area contributed by atoms with Gasteiger partial charge in [0, 0.05) is 24.8 Å². The van der Waals surface area contributed by atoms with E-state index >= 15 is 0 Å². The highest BCUT2D eigenvalue weighted by atomic mass is 16.5. The molecule has 0 atom stereocenters. The van der Waals surface area contributed by atoms with Crippen LogP contribution in [0.5, 0.6) is 5.75 Å². The molecule has 3 heteroatoms. The molecular weight excluding hydrogens is 200 g/mol. The van der Waals surface area contributed by atoms with Crippen molar-refractivity contribution in [2.45, 2.75) is 19.4 Å². The summed E-state index contributed by atoms with van der Waals surface area (Å²) in [6, 6.07) is 8.13. The number of nitrogens with one attached hydrogen (secondary N) is 1. The van der Waals surface area contributed by atoms with Crippen molar-refractivity contribution in [1.29, 1.82) is 0 Å². The zero-order chi connectivity index (χ0) is 12.2. The zero-order valence-electron chi connectivity index (χ0n) is 10.9. The molecule has 0 amide bonds. The summed E-state index contributed by atoms with van der Waals surface area (Å²) in [7, 11) is 5.77. The first-order valence-corrected chi connectivity index (χ1v) is 5.54. The lowest BCUT2D eigenvalue weighted by molar-refractivity contribution is 0.414. The van der Waals surface area contributed by atoms with Crippen LogP contribution in [-0.2, 0) is 0 Å². The molecule has 1 aromatic rings. The minimum Gasteiger partial charge on any atom is -0.497 e. The van der Waals surface area contributed by atoms with Crippen LogP contribution in [0, 0.1) is 0 Å². The van der Waals surface area contributed by atoms with Crippen molar-refractivity contribution in [2.75, 3.05) is 32.6 Å². The number of likely N-dealkylation sites (N-methyl/N-ethyl adjacent to an activating group) is 2. The maximum atomic E-state index is 5.15. The average molecular weight is 222 g/mol. The summed E-state index contributed by atoms with van der Waals surface area (Å²) in [4.78, 5) is 2.27. The molecule has 0 aliphatic rings. The molecule has 1 aromatic carbocycles. The van der Waals surface area contributed by atoms with Crippen LogP contribution < -0.4 is 15.0 Å². The second-order valence-electron chi connectivity index (χ2n) is 4.60. The Kier molecular flexibility index (Phi) is 4.19. The summed E-state index contributed by atoms with van der Waals surface area (Å²) < 4.78 is 5.15. The van der Waals surface area contributed by atoms with Crippen molar-refractivity contribution in [1.82, 2.24) is 5.32 Å². The largest absolute Gasteiger partial charge is 0.497 e. The lowest BCUT2D eigenvalue weighted by Crippen LogP contribution is -2.48. The maximum absolute atomic E-state index is 5.15. The van der Waals surface area contributed by atoms with Crippen LogP contribution in [0.1, 0.15) is 13.8 Å². The molecule has 0 radical (unpaired) electrons. The molecule has 0 saturated carbocycles. The van der Waals surface area contributed by atoms with E-state index < -0.39 is 0 Å². The Morgan fingerprint density at radius 3 is 2.25 bits per heavy atom. The van der Waals surface area contributed by atoms with Gasteiger partial charge >= 0.3 is 0 Å². The van der Waals surface area contributed by atoms with Crippen LogP contribution in [0.15, 0.2) is 24.3 Å². The molecule has 90 valence electrons. The van der Waals surface area contributed by atoms with Gasteiger partial charge in [-0.15, -0.1) is 0 Å². The fourth-order valence-electron chi connectivity index (χ4n) is 1.71. The number of rotatable bonds is 5. The first-order chi connectivity index (χ1) is 7.51. The van der Waals surface area contributed by atoms with Gasteiger partial charge in [-0.2, -0.15) is 0 Å². The predicted molar refractivity (Wildman–Crippen MR) is 69.4 cm³/mol. The fourth-order valence-corrected chi connectivity index (χ4v) is 1.71. The number of hydrogen-bond donors (Lipinski definition) is 1. The molecule has 0 aromatic heterocycles. The molecule has 1 rings (SSSR count). The summed E-state index contributed by atoms with van der Waals surface area (Å²) in [5.74, 6) is 0.892. The molecular formula is C13H22N2O. The van der Waals surface area contributed by atoms with Crippen molar-refractivity contribution < 1.29 is 4.74 Å². The van der Waals surface area contributed by atoms with Crippen LogP contribution in [0.25, 0.3) is 0 Å². The Morgan fingerprint density at radius 1 is 1.25 bits per heavy atom. The summed E-state index contributed by atoms with van der Waals surface area (Å²) in [6.45, 7) is 5.37. The van der Waals surface area contributed by atoms with Gasteiger partial charge in [0.2, 0.25) is 0 Å². The van der Waals surface area contributed by atoms with E-state index in [0.717, 1.165) is 12.3 Å². The Morgan fingerprint density at radius 2 is 1.81 bits per heavy atom. The topological polar surface area (TPSA) is 24.5 Å². The summed E-state index contributed by atoms with van der Waals surface area (Å²) in [5.41, 5.74) is 1.28. The molecule has 0 fully saturated rings. The van der Waals surface area contributed by atoms with Gasteiger partial charge in [0.15, 0.2) is 0 Å². The third-order valence-electron chi connectivity index (χ3n) is 2.98. The molecule has 0 aliphatic carbocycles. The highest BCUT2D eigenvalue weighted by molar-refractivity contribution is 5.50. The monoisotopic (exact) mass is 222 g/mol. The van der Waals surface area contributed by atoms with Crippen molar-refractivity contribution in [2.24, 2.45) is 0 Å². The SMILES string of the molecule is CNCC(C)(C)N(C)c1ccc(OC)cc1. The molecule has 0 unspecified atom stereocenters. The standard InChI is InChI=1S/C13H22N2O/c1-13(2,10-14-3)15(4)11-6-8-12(16-5)9-7-11/h6-9,14H,10H2,1-5H3. The van der Waals surface area contributed by atoms with Gasteiger partial charge in [-0.05, 0) is 45.2 Å². The molecule has 0 aliphatic heterocycles. The summed E-state index contributed by atoms with van der Waals surface area (Å²) in [5, 5.41) is 3.21. The molecule has 0 spiro atoms. The molecule has 0 bridgehead atoms. The number of methoxy groups -OCH3 is 1. The first-order valence-electron chi connectivity index (χ1n) is 5.54. The number of ether oxygens (including phenoxy) is 1. The van der Waals surface area contributed by atoms with E-state index in [1.807, 2.05) is 19.2 Å². The third-order valence-corrected chi connectivity index (χ3v) is 2.98.